The highest BCUT2D eigenvalue weighted by Crippen LogP contribution is 2.36. The van der Waals surface area contributed by atoms with E-state index in [1.807, 2.05) is 51.1 Å². The van der Waals surface area contributed by atoms with Crippen molar-refractivity contribution in [1.82, 2.24) is 5.01 Å². The van der Waals surface area contributed by atoms with Crippen LogP contribution in [0.3, 0.4) is 0 Å². The number of hydrazone groups is 1. The van der Waals surface area contributed by atoms with Gasteiger partial charge in [0, 0.05) is 17.5 Å². The van der Waals surface area contributed by atoms with Gasteiger partial charge in [0.15, 0.2) is 0 Å². The first-order valence-corrected chi connectivity index (χ1v) is 11.5. The number of methoxy groups -OCH3 is 1. The lowest BCUT2D eigenvalue weighted by Crippen LogP contribution is -2.36. The minimum absolute atomic E-state index is 0.0799. The molecule has 0 aliphatic carbocycles. The molecule has 0 unspecified atom stereocenters. The Morgan fingerprint density at radius 2 is 1.83 bits per heavy atom. The second-order valence-electron chi connectivity index (χ2n) is 8.39. The molecule has 0 bridgehead atoms. The standard InChI is InChI=1S/C22H27N3O4S/c1-22(2,3)21(26)25-20(15-9-11-18(29-4)12-10-15)14-19(23-25)16-7-6-8-17(13-16)24-30(5,27)28/h6-13,20,24H,14H2,1-5H3/t20-/m1/s1. The first-order valence-electron chi connectivity index (χ1n) is 9.61. The molecule has 1 amide bonds. The second kappa shape index (κ2) is 8.10. The second-order valence-corrected chi connectivity index (χ2v) is 10.1. The highest BCUT2D eigenvalue weighted by Gasteiger charge is 2.38. The maximum absolute atomic E-state index is 13.1. The van der Waals surface area contributed by atoms with E-state index in [1.54, 1.807) is 30.3 Å². The molecule has 0 radical (unpaired) electrons. The molecule has 3 rings (SSSR count). The van der Waals surface area contributed by atoms with Gasteiger partial charge in [-0.1, -0.05) is 45.0 Å². The minimum atomic E-state index is -3.39. The van der Waals surface area contributed by atoms with E-state index < -0.39 is 15.4 Å². The molecule has 0 saturated carbocycles. The number of ether oxygens (including phenoxy) is 1. The van der Waals surface area contributed by atoms with Gasteiger partial charge in [-0.2, -0.15) is 5.10 Å². The summed E-state index contributed by atoms with van der Waals surface area (Å²) in [5, 5.41) is 6.20. The number of hydrogen-bond acceptors (Lipinski definition) is 5. The molecule has 1 heterocycles. The van der Waals surface area contributed by atoms with Gasteiger partial charge in [0.2, 0.25) is 15.9 Å². The van der Waals surface area contributed by atoms with E-state index in [9.17, 15) is 13.2 Å². The van der Waals surface area contributed by atoms with Gasteiger partial charge in [-0.05, 0) is 35.4 Å². The average Bonchev–Trinajstić information content (AvgIpc) is 3.11. The maximum atomic E-state index is 13.1. The molecule has 0 spiro atoms. The third-order valence-corrected chi connectivity index (χ3v) is 5.37. The lowest BCUT2D eigenvalue weighted by molar-refractivity contribution is -0.141. The van der Waals surface area contributed by atoms with E-state index >= 15 is 0 Å². The molecule has 7 nitrogen and oxygen atoms in total. The van der Waals surface area contributed by atoms with Crippen molar-refractivity contribution in [2.45, 2.75) is 33.2 Å². The van der Waals surface area contributed by atoms with Gasteiger partial charge >= 0.3 is 0 Å². The van der Waals surface area contributed by atoms with Crippen LogP contribution >= 0.6 is 0 Å². The fourth-order valence-electron chi connectivity index (χ4n) is 3.28. The largest absolute Gasteiger partial charge is 0.497 e. The predicted molar refractivity (Wildman–Crippen MR) is 118 cm³/mol. The zero-order valence-corrected chi connectivity index (χ0v) is 18.7. The van der Waals surface area contributed by atoms with Crippen LogP contribution in [0.4, 0.5) is 5.69 Å². The number of anilines is 1. The van der Waals surface area contributed by atoms with E-state index in [1.165, 1.54) is 0 Å². The van der Waals surface area contributed by atoms with Crippen LogP contribution in [0.25, 0.3) is 0 Å². The molecule has 160 valence electrons. The van der Waals surface area contributed by atoms with E-state index in [-0.39, 0.29) is 11.9 Å². The van der Waals surface area contributed by atoms with E-state index in [2.05, 4.69) is 9.82 Å². The lowest BCUT2D eigenvalue weighted by atomic mass is 9.93. The van der Waals surface area contributed by atoms with Crippen LogP contribution in [-0.4, -0.2) is 38.4 Å². The average molecular weight is 430 g/mol. The highest BCUT2D eigenvalue weighted by molar-refractivity contribution is 7.92. The summed E-state index contributed by atoms with van der Waals surface area (Å²) in [7, 11) is -1.78. The van der Waals surface area contributed by atoms with Gasteiger partial charge in [0.25, 0.3) is 0 Å². The van der Waals surface area contributed by atoms with Gasteiger partial charge in [0.1, 0.15) is 5.75 Å². The Morgan fingerprint density at radius 1 is 1.17 bits per heavy atom. The van der Waals surface area contributed by atoms with Crippen molar-refractivity contribution in [1.29, 1.82) is 0 Å². The van der Waals surface area contributed by atoms with Gasteiger partial charge in [0.05, 0.1) is 25.1 Å². The summed E-state index contributed by atoms with van der Waals surface area (Å²) in [5.41, 5.74) is 2.32. The van der Waals surface area contributed by atoms with Crippen LogP contribution in [-0.2, 0) is 14.8 Å². The number of amides is 1. The Labute approximate surface area is 177 Å². The van der Waals surface area contributed by atoms with Crippen LogP contribution < -0.4 is 9.46 Å². The van der Waals surface area contributed by atoms with Crippen molar-refractivity contribution in [2.75, 3.05) is 18.1 Å². The summed E-state index contributed by atoms with van der Waals surface area (Å²) in [4.78, 5) is 13.1. The summed E-state index contributed by atoms with van der Waals surface area (Å²) in [6.07, 6.45) is 1.63. The lowest BCUT2D eigenvalue weighted by Gasteiger charge is -2.28. The number of benzene rings is 2. The molecule has 1 atom stereocenters. The fourth-order valence-corrected chi connectivity index (χ4v) is 3.83. The van der Waals surface area contributed by atoms with Crippen molar-refractivity contribution < 1.29 is 17.9 Å². The molecule has 1 aliphatic rings. The minimum Gasteiger partial charge on any atom is -0.497 e. The van der Waals surface area contributed by atoms with Crippen LogP contribution in [0.15, 0.2) is 53.6 Å². The Bertz CT molecular complexity index is 1070. The number of hydrogen-bond donors (Lipinski definition) is 1. The van der Waals surface area contributed by atoms with Gasteiger partial charge in [-0.15, -0.1) is 0 Å². The molecular weight excluding hydrogens is 402 g/mol. The van der Waals surface area contributed by atoms with Crippen LogP contribution in [0.1, 0.15) is 44.4 Å². The van der Waals surface area contributed by atoms with Crippen molar-refractivity contribution in [3.8, 4) is 5.75 Å². The SMILES string of the molecule is COc1ccc([C@H]2CC(c3cccc(NS(C)(=O)=O)c3)=NN2C(=O)C(C)(C)C)cc1. The van der Waals surface area contributed by atoms with Gasteiger partial charge in [-0.3, -0.25) is 9.52 Å². The summed E-state index contributed by atoms with van der Waals surface area (Å²) in [6.45, 7) is 5.60. The van der Waals surface area contributed by atoms with E-state index in [0.29, 0.717) is 12.1 Å². The normalized spacial score (nSPS) is 16.9. The molecule has 0 aromatic heterocycles. The number of rotatable bonds is 5. The fraction of sp³-hybridized carbons (Fsp3) is 0.364. The molecule has 0 fully saturated rings. The summed E-state index contributed by atoms with van der Waals surface area (Å²) < 4.78 is 30.9. The Morgan fingerprint density at radius 3 is 2.40 bits per heavy atom. The quantitative estimate of drug-likeness (QED) is 0.783. The van der Waals surface area contributed by atoms with Crippen molar-refractivity contribution in [3.05, 3.63) is 59.7 Å². The van der Waals surface area contributed by atoms with Crippen LogP contribution in [0.5, 0.6) is 5.75 Å². The van der Waals surface area contributed by atoms with E-state index in [0.717, 1.165) is 28.8 Å². The summed E-state index contributed by atoms with van der Waals surface area (Å²) in [6, 6.07) is 14.4. The first-order chi connectivity index (χ1) is 14.0. The molecule has 0 saturated heterocycles. The molecule has 1 aliphatic heterocycles. The smallest absolute Gasteiger partial charge is 0.248 e. The molecule has 2 aromatic carbocycles. The zero-order chi connectivity index (χ0) is 22.1. The zero-order valence-electron chi connectivity index (χ0n) is 17.8. The molecule has 1 N–H and O–H groups in total. The molecule has 30 heavy (non-hydrogen) atoms. The third-order valence-electron chi connectivity index (χ3n) is 4.76. The predicted octanol–water partition coefficient (Wildman–Crippen LogP) is 3.79. The van der Waals surface area contributed by atoms with Crippen molar-refractivity contribution in [3.63, 3.8) is 0 Å². The van der Waals surface area contributed by atoms with Crippen LogP contribution in [0, 0.1) is 5.41 Å². The van der Waals surface area contributed by atoms with Crippen molar-refractivity contribution in [2.24, 2.45) is 10.5 Å². The highest BCUT2D eigenvalue weighted by atomic mass is 32.2. The Kier molecular flexibility index (Phi) is 5.90. The number of nitrogens with zero attached hydrogens (tertiary/aromatic N) is 2. The monoisotopic (exact) mass is 429 g/mol. The number of sulfonamides is 1. The topological polar surface area (TPSA) is 88.1 Å². The molecule has 2 aromatic rings. The number of carbonyl (C=O) groups excluding carboxylic acids is 1. The van der Waals surface area contributed by atoms with Crippen LogP contribution in [0.2, 0.25) is 0 Å². The number of nitrogens with one attached hydrogen (secondary N) is 1. The van der Waals surface area contributed by atoms with E-state index in [4.69, 9.17) is 4.74 Å². The van der Waals surface area contributed by atoms with Gasteiger partial charge in [-0.25, -0.2) is 13.4 Å². The van der Waals surface area contributed by atoms with Crippen molar-refractivity contribution >= 4 is 27.3 Å². The molecular formula is C22H27N3O4S. The summed E-state index contributed by atoms with van der Waals surface area (Å²) in [5.74, 6) is 0.662. The molecule has 8 heteroatoms. The maximum Gasteiger partial charge on any atom is 0.248 e. The Hall–Kier alpha value is -2.87. The Balaban J connectivity index is 1.98. The number of carbonyl (C=O) groups is 1. The van der Waals surface area contributed by atoms with Gasteiger partial charge < -0.3 is 4.74 Å². The summed E-state index contributed by atoms with van der Waals surface area (Å²) >= 11 is 0. The first kappa shape index (κ1) is 21.8. The third kappa shape index (κ3) is 4.99.